The van der Waals surface area contributed by atoms with Gasteiger partial charge >= 0.3 is 12.1 Å². The lowest BCUT2D eigenvalue weighted by Crippen LogP contribution is -2.53. The number of nitrogens with one attached hydrogen (secondary N) is 1. The number of methoxy groups -OCH3 is 1. The van der Waals surface area contributed by atoms with Crippen LogP contribution < -0.4 is 5.32 Å². The fourth-order valence-electron chi connectivity index (χ4n) is 2.93. The first-order valence-corrected chi connectivity index (χ1v) is 7.31. The maximum atomic E-state index is 12.1. The molecule has 1 amide bonds. The summed E-state index contributed by atoms with van der Waals surface area (Å²) in [7, 11) is 1.35. The largest absolute Gasteiger partial charge is 0.467 e. The van der Waals surface area contributed by atoms with Gasteiger partial charge in [0.25, 0.3) is 0 Å². The van der Waals surface area contributed by atoms with E-state index >= 15 is 0 Å². The van der Waals surface area contributed by atoms with Crippen LogP contribution in [0.2, 0.25) is 0 Å². The summed E-state index contributed by atoms with van der Waals surface area (Å²) in [5.41, 5.74) is -0.788. The second-order valence-electron chi connectivity index (χ2n) is 6.53. The fraction of sp³-hybridized carbons (Fsp3) is 0.867. The molecule has 0 saturated heterocycles. The smallest absolute Gasteiger partial charge is 0.408 e. The van der Waals surface area contributed by atoms with Crippen LogP contribution in [0, 0.1) is 5.41 Å². The van der Waals surface area contributed by atoms with Crippen molar-refractivity contribution in [1.82, 2.24) is 5.32 Å². The van der Waals surface area contributed by atoms with Gasteiger partial charge in [0.2, 0.25) is 0 Å². The number of rotatable bonds is 4. The summed E-state index contributed by atoms with van der Waals surface area (Å²) >= 11 is 0. The Morgan fingerprint density at radius 2 is 1.80 bits per heavy atom. The molecule has 0 spiro atoms. The molecule has 116 valence electrons. The van der Waals surface area contributed by atoms with Crippen LogP contribution in [0.5, 0.6) is 0 Å². The van der Waals surface area contributed by atoms with Crippen molar-refractivity contribution in [3.8, 4) is 0 Å². The molecule has 1 atom stereocenters. The summed E-state index contributed by atoms with van der Waals surface area (Å²) in [6, 6.07) is -0.630. The van der Waals surface area contributed by atoms with Crippen LogP contribution in [0.4, 0.5) is 4.79 Å². The number of esters is 1. The van der Waals surface area contributed by atoms with Gasteiger partial charge in [-0.2, -0.15) is 0 Å². The SMILES string of the molecule is CCC1([C@H](NC(=O)OC(C)(C)C)C(=O)OC)CCCC1. The molecule has 1 aliphatic carbocycles. The van der Waals surface area contributed by atoms with Crippen molar-refractivity contribution >= 4 is 12.1 Å². The van der Waals surface area contributed by atoms with Crippen LogP contribution in [0.25, 0.3) is 0 Å². The number of carbonyl (C=O) groups excluding carboxylic acids is 2. The number of ether oxygens (including phenoxy) is 2. The van der Waals surface area contributed by atoms with E-state index in [9.17, 15) is 9.59 Å². The molecule has 5 nitrogen and oxygen atoms in total. The molecule has 0 aromatic rings. The van der Waals surface area contributed by atoms with Crippen LogP contribution >= 0.6 is 0 Å². The molecule has 5 heteroatoms. The maximum absolute atomic E-state index is 12.1. The van der Waals surface area contributed by atoms with E-state index in [1.54, 1.807) is 20.8 Å². The summed E-state index contributed by atoms with van der Waals surface area (Å²) in [6.07, 6.45) is 4.29. The lowest BCUT2D eigenvalue weighted by molar-refractivity contribution is -0.147. The van der Waals surface area contributed by atoms with E-state index in [2.05, 4.69) is 12.2 Å². The van der Waals surface area contributed by atoms with Crippen LogP contribution in [0.3, 0.4) is 0 Å². The van der Waals surface area contributed by atoms with Gasteiger partial charge in [-0.25, -0.2) is 9.59 Å². The van der Waals surface area contributed by atoms with E-state index in [0.29, 0.717) is 0 Å². The molecule has 0 aromatic heterocycles. The predicted molar refractivity (Wildman–Crippen MR) is 76.4 cm³/mol. The second kappa shape index (κ2) is 6.46. The Kier molecular flexibility index (Phi) is 5.42. The van der Waals surface area contributed by atoms with Gasteiger partial charge in [-0.3, -0.25) is 0 Å². The van der Waals surface area contributed by atoms with Crippen molar-refractivity contribution in [1.29, 1.82) is 0 Å². The molecular weight excluding hydrogens is 258 g/mol. The highest BCUT2D eigenvalue weighted by atomic mass is 16.6. The fourth-order valence-corrected chi connectivity index (χ4v) is 2.93. The van der Waals surface area contributed by atoms with Gasteiger partial charge in [0.1, 0.15) is 11.6 Å². The van der Waals surface area contributed by atoms with Crippen molar-refractivity contribution in [3.63, 3.8) is 0 Å². The second-order valence-corrected chi connectivity index (χ2v) is 6.53. The van der Waals surface area contributed by atoms with Crippen molar-refractivity contribution in [2.45, 2.75) is 71.4 Å². The van der Waals surface area contributed by atoms with Gasteiger partial charge in [-0.05, 0) is 40.0 Å². The first-order chi connectivity index (χ1) is 9.24. The van der Waals surface area contributed by atoms with Crippen LogP contribution in [0.15, 0.2) is 0 Å². The molecule has 1 fully saturated rings. The zero-order chi connectivity index (χ0) is 15.4. The molecule has 0 aromatic carbocycles. The van der Waals surface area contributed by atoms with Gasteiger partial charge in [0.15, 0.2) is 0 Å². The summed E-state index contributed by atoms with van der Waals surface area (Å²) < 4.78 is 10.1. The molecule has 0 radical (unpaired) electrons. The maximum Gasteiger partial charge on any atom is 0.408 e. The normalized spacial score (nSPS) is 19.2. The first-order valence-electron chi connectivity index (χ1n) is 7.31. The van der Waals surface area contributed by atoms with Gasteiger partial charge in [0, 0.05) is 5.41 Å². The summed E-state index contributed by atoms with van der Waals surface area (Å²) in [5, 5.41) is 2.72. The Bertz CT molecular complexity index is 353. The zero-order valence-corrected chi connectivity index (χ0v) is 13.2. The third kappa shape index (κ3) is 4.12. The number of alkyl carbamates (subject to hydrolysis) is 1. The van der Waals surface area contributed by atoms with E-state index in [1.807, 2.05) is 0 Å². The van der Waals surface area contributed by atoms with E-state index in [1.165, 1.54) is 7.11 Å². The molecule has 1 aliphatic rings. The highest BCUT2D eigenvalue weighted by molar-refractivity contribution is 5.82. The van der Waals surface area contributed by atoms with E-state index in [4.69, 9.17) is 9.47 Å². The molecular formula is C15H27NO4. The number of carbonyl (C=O) groups is 2. The van der Waals surface area contributed by atoms with E-state index in [0.717, 1.165) is 32.1 Å². The molecule has 0 unspecified atom stereocenters. The average molecular weight is 285 g/mol. The first kappa shape index (κ1) is 16.8. The van der Waals surface area contributed by atoms with Gasteiger partial charge in [0.05, 0.1) is 7.11 Å². The lowest BCUT2D eigenvalue weighted by Gasteiger charge is -2.35. The van der Waals surface area contributed by atoms with Gasteiger partial charge in [-0.1, -0.05) is 19.8 Å². The van der Waals surface area contributed by atoms with Crippen molar-refractivity contribution in [3.05, 3.63) is 0 Å². The van der Waals surface area contributed by atoms with Crippen LogP contribution in [-0.4, -0.2) is 30.8 Å². The number of hydrogen-bond donors (Lipinski definition) is 1. The third-order valence-corrected chi connectivity index (χ3v) is 4.01. The molecule has 1 rings (SSSR count). The van der Waals surface area contributed by atoms with Gasteiger partial charge < -0.3 is 14.8 Å². The standard InChI is InChI=1S/C15H27NO4/c1-6-15(9-7-8-10-15)11(12(17)19-5)16-13(18)20-14(2,3)4/h11H,6-10H2,1-5H3,(H,16,18)/t11-/m1/s1. The quantitative estimate of drug-likeness (QED) is 0.806. The van der Waals surface area contributed by atoms with Crippen molar-refractivity contribution in [2.75, 3.05) is 7.11 Å². The number of hydrogen-bond acceptors (Lipinski definition) is 4. The Labute approximate surface area is 121 Å². The third-order valence-electron chi connectivity index (χ3n) is 4.01. The summed E-state index contributed by atoms with van der Waals surface area (Å²) in [5.74, 6) is -0.389. The molecule has 20 heavy (non-hydrogen) atoms. The summed E-state index contributed by atoms with van der Waals surface area (Å²) in [6.45, 7) is 7.44. The van der Waals surface area contributed by atoms with E-state index in [-0.39, 0.29) is 11.4 Å². The molecule has 1 saturated carbocycles. The monoisotopic (exact) mass is 285 g/mol. The van der Waals surface area contributed by atoms with E-state index < -0.39 is 17.7 Å². The Balaban J connectivity index is 2.85. The highest BCUT2D eigenvalue weighted by Gasteiger charge is 2.45. The zero-order valence-electron chi connectivity index (χ0n) is 13.2. The molecule has 0 bridgehead atoms. The summed E-state index contributed by atoms with van der Waals surface area (Å²) in [4.78, 5) is 24.0. The van der Waals surface area contributed by atoms with Crippen LogP contribution in [-0.2, 0) is 14.3 Å². The Morgan fingerprint density at radius 1 is 1.25 bits per heavy atom. The Hall–Kier alpha value is -1.26. The average Bonchev–Trinajstić information content (AvgIpc) is 2.82. The minimum absolute atomic E-state index is 0.204. The Morgan fingerprint density at radius 3 is 2.20 bits per heavy atom. The lowest BCUT2D eigenvalue weighted by atomic mass is 9.76. The minimum atomic E-state index is -0.630. The van der Waals surface area contributed by atoms with Crippen molar-refractivity contribution in [2.24, 2.45) is 5.41 Å². The molecule has 0 heterocycles. The predicted octanol–water partition coefficient (Wildman–Crippen LogP) is 3.02. The van der Waals surface area contributed by atoms with Crippen LogP contribution in [0.1, 0.15) is 59.8 Å². The van der Waals surface area contributed by atoms with Gasteiger partial charge in [-0.15, -0.1) is 0 Å². The molecule has 0 aliphatic heterocycles. The molecule has 1 N–H and O–H groups in total. The minimum Gasteiger partial charge on any atom is -0.467 e. The number of amides is 1. The topological polar surface area (TPSA) is 64.6 Å². The highest BCUT2D eigenvalue weighted by Crippen LogP contribution is 2.44. The van der Waals surface area contributed by atoms with Crippen molar-refractivity contribution < 1.29 is 19.1 Å².